The van der Waals surface area contributed by atoms with Gasteiger partial charge in [-0.1, -0.05) is 36.4 Å². The number of hydrogen-bond acceptors (Lipinski definition) is 4. The Morgan fingerprint density at radius 2 is 1.70 bits per heavy atom. The fraction of sp³-hybridized carbons (Fsp3) is 0.167. The van der Waals surface area contributed by atoms with Crippen molar-refractivity contribution in [3.63, 3.8) is 0 Å². The maximum Gasteiger partial charge on any atom is 0.216 e. The SMILES string of the molecule is CC(C)Oc1ccccc1C=C(C#N)S(=O)(=O)c1ccccc1. The third kappa shape index (κ3) is 3.99. The Balaban J connectivity index is 2.51. The van der Waals surface area contributed by atoms with Crippen LogP contribution in [0.1, 0.15) is 19.4 Å². The lowest BCUT2D eigenvalue weighted by Gasteiger charge is -2.12. The average Bonchev–Trinajstić information content (AvgIpc) is 2.54. The molecule has 0 aliphatic rings. The van der Waals surface area contributed by atoms with Gasteiger partial charge in [0.2, 0.25) is 9.84 Å². The molecule has 5 heteroatoms. The standard InChI is InChI=1S/C18H17NO3S/c1-14(2)22-18-11-7-6-8-15(18)12-17(13-19)23(20,21)16-9-4-3-5-10-16/h3-12,14H,1-2H3. The van der Waals surface area contributed by atoms with Crippen molar-refractivity contribution in [2.75, 3.05) is 0 Å². The summed E-state index contributed by atoms with van der Waals surface area (Å²) in [5.41, 5.74) is 0.553. The Morgan fingerprint density at radius 1 is 1.09 bits per heavy atom. The molecule has 0 heterocycles. The zero-order chi connectivity index (χ0) is 16.9. The van der Waals surface area contributed by atoms with Crippen LogP contribution in [0.5, 0.6) is 5.75 Å². The molecule has 2 rings (SSSR count). The van der Waals surface area contributed by atoms with Crippen LogP contribution in [0.3, 0.4) is 0 Å². The van der Waals surface area contributed by atoms with Gasteiger partial charge in [0.25, 0.3) is 0 Å². The van der Waals surface area contributed by atoms with Gasteiger partial charge < -0.3 is 4.74 Å². The van der Waals surface area contributed by atoms with Crippen molar-refractivity contribution >= 4 is 15.9 Å². The second-order valence-corrected chi connectivity index (χ2v) is 7.06. The fourth-order valence-electron chi connectivity index (χ4n) is 2.00. The summed E-state index contributed by atoms with van der Waals surface area (Å²) in [6.07, 6.45) is 1.29. The molecule has 0 atom stereocenters. The van der Waals surface area contributed by atoms with E-state index in [4.69, 9.17) is 4.74 Å². The summed E-state index contributed by atoms with van der Waals surface area (Å²) in [6.45, 7) is 3.76. The quantitative estimate of drug-likeness (QED) is 0.783. The van der Waals surface area contributed by atoms with Gasteiger partial charge in [0.15, 0.2) is 0 Å². The van der Waals surface area contributed by atoms with Crippen LogP contribution in [0.2, 0.25) is 0 Å². The van der Waals surface area contributed by atoms with Crippen LogP contribution < -0.4 is 4.74 Å². The van der Waals surface area contributed by atoms with E-state index in [9.17, 15) is 13.7 Å². The molecule has 0 aliphatic heterocycles. The summed E-state index contributed by atoms with van der Waals surface area (Å²) in [6, 6.07) is 16.7. The molecule has 0 aliphatic carbocycles. The Labute approximate surface area is 136 Å². The molecule has 0 radical (unpaired) electrons. The summed E-state index contributed by atoms with van der Waals surface area (Å²) < 4.78 is 30.8. The van der Waals surface area contributed by atoms with Crippen molar-refractivity contribution in [3.8, 4) is 11.8 Å². The third-order valence-corrected chi connectivity index (χ3v) is 4.70. The predicted octanol–water partition coefficient (Wildman–Crippen LogP) is 3.81. The molecule has 2 aromatic rings. The highest BCUT2D eigenvalue weighted by atomic mass is 32.2. The van der Waals surface area contributed by atoms with Gasteiger partial charge in [0.05, 0.1) is 11.0 Å². The zero-order valence-corrected chi connectivity index (χ0v) is 13.7. The highest BCUT2D eigenvalue weighted by Gasteiger charge is 2.21. The largest absolute Gasteiger partial charge is 0.490 e. The Hall–Kier alpha value is -2.58. The molecule has 0 saturated heterocycles. The van der Waals surface area contributed by atoms with Crippen molar-refractivity contribution in [3.05, 3.63) is 65.1 Å². The molecular formula is C18H17NO3S. The summed E-state index contributed by atoms with van der Waals surface area (Å²) in [4.78, 5) is -0.224. The molecule has 0 unspecified atom stereocenters. The summed E-state index contributed by atoms with van der Waals surface area (Å²) in [7, 11) is -3.85. The van der Waals surface area contributed by atoms with Crippen molar-refractivity contribution < 1.29 is 13.2 Å². The van der Waals surface area contributed by atoms with E-state index >= 15 is 0 Å². The Morgan fingerprint density at radius 3 is 2.30 bits per heavy atom. The van der Waals surface area contributed by atoms with E-state index in [0.717, 1.165) is 0 Å². The van der Waals surface area contributed by atoms with E-state index < -0.39 is 9.84 Å². The van der Waals surface area contributed by atoms with E-state index in [0.29, 0.717) is 11.3 Å². The van der Waals surface area contributed by atoms with Gasteiger partial charge in [0, 0.05) is 5.56 Å². The van der Waals surface area contributed by atoms with Crippen LogP contribution >= 0.6 is 0 Å². The highest BCUT2D eigenvalue weighted by molar-refractivity contribution is 7.95. The van der Waals surface area contributed by atoms with Crippen molar-refractivity contribution in [2.24, 2.45) is 0 Å². The van der Waals surface area contributed by atoms with Gasteiger partial charge >= 0.3 is 0 Å². The van der Waals surface area contributed by atoms with Gasteiger partial charge in [-0.2, -0.15) is 5.26 Å². The van der Waals surface area contributed by atoms with E-state index in [1.165, 1.54) is 18.2 Å². The molecule has 2 aromatic carbocycles. The number of ether oxygens (including phenoxy) is 1. The fourth-order valence-corrected chi connectivity index (χ4v) is 3.17. The minimum absolute atomic E-state index is 0.0548. The second kappa shape index (κ2) is 7.12. The molecule has 0 N–H and O–H groups in total. The maximum absolute atomic E-state index is 12.6. The molecule has 0 amide bonds. The van der Waals surface area contributed by atoms with Crippen LogP contribution in [0.25, 0.3) is 6.08 Å². The Bertz CT molecular complexity index is 847. The molecule has 0 aromatic heterocycles. The average molecular weight is 327 g/mol. The van der Waals surface area contributed by atoms with Crippen LogP contribution in [0.4, 0.5) is 0 Å². The van der Waals surface area contributed by atoms with Gasteiger partial charge in [-0.15, -0.1) is 0 Å². The van der Waals surface area contributed by atoms with Crippen LogP contribution in [-0.2, 0) is 9.84 Å². The van der Waals surface area contributed by atoms with E-state index in [1.807, 2.05) is 13.8 Å². The van der Waals surface area contributed by atoms with E-state index in [-0.39, 0.29) is 15.9 Å². The normalized spacial score (nSPS) is 12.0. The van der Waals surface area contributed by atoms with Gasteiger partial charge in [-0.3, -0.25) is 0 Å². The number of nitrogens with zero attached hydrogens (tertiary/aromatic N) is 1. The van der Waals surface area contributed by atoms with E-state index in [1.54, 1.807) is 48.5 Å². The smallest absolute Gasteiger partial charge is 0.216 e. The molecular weight excluding hydrogens is 310 g/mol. The van der Waals surface area contributed by atoms with Crippen molar-refractivity contribution in [1.29, 1.82) is 5.26 Å². The summed E-state index contributed by atoms with van der Waals surface area (Å²) >= 11 is 0. The first-order chi connectivity index (χ1) is 10.9. The molecule has 23 heavy (non-hydrogen) atoms. The molecule has 0 saturated carbocycles. The summed E-state index contributed by atoms with van der Waals surface area (Å²) in [5.74, 6) is 0.540. The number of allylic oxidation sites excluding steroid dienone is 1. The van der Waals surface area contributed by atoms with Gasteiger partial charge in [-0.05, 0) is 38.1 Å². The number of hydrogen-bond donors (Lipinski definition) is 0. The molecule has 0 spiro atoms. The molecule has 118 valence electrons. The molecule has 4 nitrogen and oxygen atoms in total. The first-order valence-electron chi connectivity index (χ1n) is 7.13. The minimum atomic E-state index is -3.85. The Kier molecular flexibility index (Phi) is 5.20. The monoisotopic (exact) mass is 327 g/mol. The lowest BCUT2D eigenvalue weighted by Crippen LogP contribution is -2.07. The zero-order valence-electron chi connectivity index (χ0n) is 12.9. The van der Waals surface area contributed by atoms with Crippen molar-refractivity contribution in [1.82, 2.24) is 0 Å². The number of sulfone groups is 1. The van der Waals surface area contributed by atoms with Crippen molar-refractivity contribution in [2.45, 2.75) is 24.8 Å². The number of rotatable bonds is 5. The van der Waals surface area contributed by atoms with E-state index in [2.05, 4.69) is 0 Å². The van der Waals surface area contributed by atoms with Crippen LogP contribution in [-0.4, -0.2) is 14.5 Å². The second-order valence-electron chi connectivity index (χ2n) is 5.14. The molecule has 0 fully saturated rings. The first kappa shape index (κ1) is 16.8. The predicted molar refractivity (Wildman–Crippen MR) is 89.4 cm³/mol. The minimum Gasteiger partial charge on any atom is -0.490 e. The number of para-hydroxylation sites is 1. The molecule has 0 bridgehead atoms. The maximum atomic E-state index is 12.6. The first-order valence-corrected chi connectivity index (χ1v) is 8.61. The highest BCUT2D eigenvalue weighted by Crippen LogP contribution is 2.26. The topological polar surface area (TPSA) is 67.2 Å². The van der Waals surface area contributed by atoms with Crippen LogP contribution in [0, 0.1) is 11.3 Å². The lowest BCUT2D eigenvalue weighted by atomic mass is 10.2. The number of benzene rings is 2. The van der Waals surface area contributed by atoms with Crippen LogP contribution in [0.15, 0.2) is 64.4 Å². The van der Waals surface area contributed by atoms with Gasteiger partial charge in [0.1, 0.15) is 16.7 Å². The summed E-state index contributed by atoms with van der Waals surface area (Å²) in [5, 5.41) is 9.32. The third-order valence-electron chi connectivity index (χ3n) is 3.02. The number of nitriles is 1. The lowest BCUT2D eigenvalue weighted by molar-refractivity contribution is 0.242. The van der Waals surface area contributed by atoms with Gasteiger partial charge in [-0.25, -0.2) is 8.42 Å².